The average Bonchev–Trinajstić information content (AvgIpc) is 3.21. The van der Waals surface area contributed by atoms with Gasteiger partial charge in [-0.2, -0.15) is 26.3 Å². The molecule has 164 valence electrons. The van der Waals surface area contributed by atoms with E-state index < -0.39 is 34.9 Å². The Morgan fingerprint density at radius 1 is 0.839 bits per heavy atom. The number of hydrogen-bond acceptors (Lipinski definition) is 4. The fraction of sp³-hybridized carbons (Fsp3) is 0.333. The van der Waals surface area contributed by atoms with Crippen molar-refractivity contribution in [1.29, 1.82) is 0 Å². The first-order valence-corrected chi connectivity index (χ1v) is 9.41. The van der Waals surface area contributed by atoms with Gasteiger partial charge in [0.05, 0.1) is 11.1 Å². The second-order valence-corrected chi connectivity index (χ2v) is 7.48. The molecule has 0 radical (unpaired) electrons. The number of aryl methyl sites for hydroxylation is 1. The SMILES string of the molecule is OC[C@@H]1CCc2ccc(-c3nnc(-c4cc(C(F)(F)F)cc(C(F)(F)F)c4)o3)cc2C1. The lowest BCUT2D eigenvalue weighted by molar-refractivity contribution is -0.143. The van der Waals surface area contributed by atoms with E-state index in [9.17, 15) is 31.4 Å². The van der Waals surface area contributed by atoms with Crippen molar-refractivity contribution < 1.29 is 35.9 Å². The van der Waals surface area contributed by atoms with E-state index in [2.05, 4.69) is 10.2 Å². The lowest BCUT2D eigenvalue weighted by Gasteiger charge is -2.23. The Kier molecular flexibility index (Phi) is 5.28. The molecular formula is C21H16F6N2O2. The molecule has 3 aromatic rings. The van der Waals surface area contributed by atoms with Crippen molar-refractivity contribution in [3.63, 3.8) is 0 Å². The molecule has 4 nitrogen and oxygen atoms in total. The molecule has 0 spiro atoms. The molecule has 0 amide bonds. The molecular weight excluding hydrogens is 426 g/mol. The van der Waals surface area contributed by atoms with Crippen LogP contribution in [0, 0.1) is 5.92 Å². The second kappa shape index (κ2) is 7.67. The van der Waals surface area contributed by atoms with Crippen LogP contribution in [0.4, 0.5) is 26.3 Å². The Labute approximate surface area is 172 Å². The van der Waals surface area contributed by atoms with Crippen LogP contribution in [0.3, 0.4) is 0 Å². The van der Waals surface area contributed by atoms with Crippen molar-refractivity contribution in [3.8, 4) is 22.9 Å². The molecule has 1 aromatic heterocycles. The lowest BCUT2D eigenvalue weighted by Crippen LogP contribution is -2.17. The predicted molar refractivity (Wildman–Crippen MR) is 97.8 cm³/mol. The summed E-state index contributed by atoms with van der Waals surface area (Å²) in [7, 11) is 0. The summed E-state index contributed by atoms with van der Waals surface area (Å²) in [6.45, 7) is 0.0610. The lowest BCUT2D eigenvalue weighted by atomic mass is 9.83. The molecule has 0 saturated heterocycles. The van der Waals surface area contributed by atoms with Crippen LogP contribution < -0.4 is 0 Å². The zero-order chi connectivity index (χ0) is 22.4. The van der Waals surface area contributed by atoms with Crippen LogP contribution >= 0.6 is 0 Å². The first-order valence-electron chi connectivity index (χ1n) is 9.41. The summed E-state index contributed by atoms with van der Waals surface area (Å²) < 4.78 is 84.0. The van der Waals surface area contributed by atoms with Gasteiger partial charge in [-0.05, 0) is 66.6 Å². The van der Waals surface area contributed by atoms with Gasteiger partial charge in [0.25, 0.3) is 0 Å². The van der Waals surface area contributed by atoms with Crippen molar-refractivity contribution in [1.82, 2.24) is 10.2 Å². The van der Waals surface area contributed by atoms with Crippen molar-refractivity contribution in [2.75, 3.05) is 6.61 Å². The summed E-state index contributed by atoms with van der Waals surface area (Å²) in [5, 5.41) is 16.9. The number of benzene rings is 2. The highest BCUT2D eigenvalue weighted by Crippen LogP contribution is 2.39. The molecule has 0 bridgehead atoms. The normalized spacial score (nSPS) is 16.9. The van der Waals surface area contributed by atoms with Crippen LogP contribution in [-0.2, 0) is 25.2 Å². The predicted octanol–water partition coefficient (Wildman–Crippen LogP) is 5.54. The number of alkyl halides is 6. The van der Waals surface area contributed by atoms with Gasteiger partial charge in [0.1, 0.15) is 0 Å². The van der Waals surface area contributed by atoms with Crippen molar-refractivity contribution in [2.24, 2.45) is 5.92 Å². The van der Waals surface area contributed by atoms with Crippen molar-refractivity contribution in [3.05, 3.63) is 58.7 Å². The van der Waals surface area contributed by atoms with E-state index in [1.165, 1.54) is 0 Å². The molecule has 1 N–H and O–H groups in total. The average molecular weight is 442 g/mol. The smallest absolute Gasteiger partial charge is 0.416 e. The molecule has 1 heterocycles. The highest BCUT2D eigenvalue weighted by molar-refractivity contribution is 5.61. The van der Waals surface area contributed by atoms with Gasteiger partial charge >= 0.3 is 12.4 Å². The maximum atomic E-state index is 13.1. The van der Waals surface area contributed by atoms with Gasteiger partial charge < -0.3 is 9.52 Å². The fourth-order valence-electron chi connectivity index (χ4n) is 3.66. The van der Waals surface area contributed by atoms with Gasteiger partial charge in [0.15, 0.2) is 0 Å². The Bertz CT molecular complexity index is 1070. The van der Waals surface area contributed by atoms with Gasteiger partial charge in [-0.3, -0.25) is 0 Å². The number of aromatic nitrogens is 2. The maximum Gasteiger partial charge on any atom is 0.416 e. The molecule has 0 fully saturated rings. The van der Waals surface area contributed by atoms with E-state index >= 15 is 0 Å². The van der Waals surface area contributed by atoms with Gasteiger partial charge in [0, 0.05) is 17.7 Å². The van der Waals surface area contributed by atoms with Gasteiger partial charge in [-0.25, -0.2) is 0 Å². The van der Waals surface area contributed by atoms with E-state index in [1.807, 2.05) is 6.07 Å². The number of hydrogen-bond donors (Lipinski definition) is 1. The Hall–Kier alpha value is -2.88. The van der Waals surface area contributed by atoms with E-state index in [1.54, 1.807) is 12.1 Å². The third-order valence-electron chi connectivity index (χ3n) is 5.30. The van der Waals surface area contributed by atoms with E-state index in [4.69, 9.17) is 4.42 Å². The molecule has 1 atom stereocenters. The van der Waals surface area contributed by atoms with E-state index in [0.717, 1.165) is 24.0 Å². The van der Waals surface area contributed by atoms with Crippen molar-refractivity contribution >= 4 is 0 Å². The monoisotopic (exact) mass is 442 g/mol. The molecule has 2 aromatic carbocycles. The standard InChI is InChI=1S/C21H16F6N2O2/c22-20(23,24)16-7-15(8-17(9-16)21(25,26)27)19-29-28-18(31-19)13-4-3-12-2-1-11(10-30)5-14(12)6-13/h3-4,6-9,11,30H,1-2,5,10H2/t11-/m1/s1. The van der Waals surface area contributed by atoms with Crippen LogP contribution in [0.5, 0.6) is 0 Å². The molecule has 0 saturated carbocycles. The topological polar surface area (TPSA) is 59.2 Å². The Morgan fingerprint density at radius 2 is 1.45 bits per heavy atom. The molecule has 1 aliphatic rings. The molecule has 31 heavy (non-hydrogen) atoms. The zero-order valence-corrected chi connectivity index (χ0v) is 15.9. The number of fused-ring (bicyclic) bond motifs is 1. The fourth-order valence-corrected chi connectivity index (χ4v) is 3.66. The van der Waals surface area contributed by atoms with Crippen LogP contribution in [0.2, 0.25) is 0 Å². The van der Waals surface area contributed by atoms with Gasteiger partial charge in [0.2, 0.25) is 11.8 Å². The maximum absolute atomic E-state index is 13.1. The summed E-state index contributed by atoms with van der Waals surface area (Å²) in [4.78, 5) is 0. The summed E-state index contributed by atoms with van der Waals surface area (Å²) >= 11 is 0. The highest BCUT2D eigenvalue weighted by Gasteiger charge is 2.37. The second-order valence-electron chi connectivity index (χ2n) is 7.48. The minimum absolute atomic E-state index is 0.0186. The molecule has 0 unspecified atom stereocenters. The first-order chi connectivity index (χ1) is 14.5. The van der Waals surface area contributed by atoms with Crippen LogP contribution in [0.1, 0.15) is 28.7 Å². The van der Waals surface area contributed by atoms with Gasteiger partial charge in [-0.15, -0.1) is 10.2 Å². The minimum atomic E-state index is -4.97. The number of halogens is 6. The third kappa shape index (κ3) is 4.43. The molecule has 10 heteroatoms. The van der Waals surface area contributed by atoms with Crippen molar-refractivity contribution in [2.45, 2.75) is 31.6 Å². The van der Waals surface area contributed by atoms with E-state index in [0.29, 0.717) is 24.1 Å². The molecule has 1 aliphatic carbocycles. The number of rotatable bonds is 3. The van der Waals surface area contributed by atoms with Gasteiger partial charge in [-0.1, -0.05) is 6.07 Å². The van der Waals surface area contributed by atoms with Crippen LogP contribution in [-0.4, -0.2) is 21.9 Å². The number of aliphatic hydroxyl groups excluding tert-OH is 1. The zero-order valence-electron chi connectivity index (χ0n) is 15.9. The van der Waals surface area contributed by atoms with Crippen LogP contribution in [0.15, 0.2) is 40.8 Å². The summed E-state index contributed by atoms with van der Waals surface area (Å²) in [5.74, 6) is -0.334. The minimum Gasteiger partial charge on any atom is -0.416 e. The quantitative estimate of drug-likeness (QED) is 0.542. The number of nitrogens with zero attached hydrogens (tertiary/aromatic N) is 2. The Balaban J connectivity index is 1.71. The summed E-state index contributed by atoms with van der Waals surface area (Å²) in [6, 6.07) is 6.51. The first kappa shape index (κ1) is 21.4. The highest BCUT2D eigenvalue weighted by atomic mass is 19.4. The van der Waals surface area contributed by atoms with Crippen LogP contribution in [0.25, 0.3) is 22.9 Å². The number of aliphatic hydroxyl groups is 1. The van der Waals surface area contributed by atoms with E-state index in [-0.39, 0.29) is 24.5 Å². The third-order valence-corrected chi connectivity index (χ3v) is 5.30. The largest absolute Gasteiger partial charge is 0.416 e. The Morgan fingerprint density at radius 3 is 2.03 bits per heavy atom. The summed E-state index contributed by atoms with van der Waals surface area (Å²) in [5.41, 5.74) is -0.790. The summed E-state index contributed by atoms with van der Waals surface area (Å²) in [6.07, 6.45) is -7.62. The molecule has 0 aliphatic heterocycles. The molecule has 4 rings (SSSR count).